The van der Waals surface area contributed by atoms with Crippen molar-refractivity contribution in [3.63, 3.8) is 0 Å². The minimum absolute atomic E-state index is 0.249. The second-order valence-electron chi connectivity index (χ2n) is 7.61. The highest BCUT2D eigenvalue weighted by molar-refractivity contribution is 5.97. The first-order valence-corrected chi connectivity index (χ1v) is 8.92. The van der Waals surface area contributed by atoms with Crippen molar-refractivity contribution in [2.45, 2.75) is 38.8 Å². The molecule has 2 aromatic rings. The smallest absolute Gasteiger partial charge is 0.340 e. The Bertz CT molecular complexity index is 793. The Balaban J connectivity index is 1.96. The molecule has 0 bridgehead atoms. The SMILES string of the molecule is CC(C)(C)OC(=O)c1ccc(-c2cccc(F)c2)cc1NC1CCNC1. The first-order valence-electron chi connectivity index (χ1n) is 8.92. The summed E-state index contributed by atoms with van der Waals surface area (Å²) < 4.78 is 19.1. The highest BCUT2D eigenvalue weighted by atomic mass is 19.1. The number of hydrogen-bond acceptors (Lipinski definition) is 4. The van der Waals surface area contributed by atoms with E-state index in [1.165, 1.54) is 12.1 Å². The van der Waals surface area contributed by atoms with Gasteiger partial charge in [0.05, 0.1) is 5.56 Å². The minimum atomic E-state index is -0.565. The van der Waals surface area contributed by atoms with Gasteiger partial charge in [-0.1, -0.05) is 18.2 Å². The first kappa shape index (κ1) is 18.4. The van der Waals surface area contributed by atoms with Crippen LogP contribution in [0.4, 0.5) is 10.1 Å². The van der Waals surface area contributed by atoms with Gasteiger partial charge in [-0.3, -0.25) is 0 Å². The molecule has 1 aliphatic rings. The van der Waals surface area contributed by atoms with E-state index in [2.05, 4.69) is 10.6 Å². The first-order chi connectivity index (χ1) is 12.3. The zero-order valence-electron chi connectivity index (χ0n) is 15.4. The zero-order chi connectivity index (χ0) is 18.7. The summed E-state index contributed by atoms with van der Waals surface area (Å²) in [5.74, 6) is -0.648. The van der Waals surface area contributed by atoms with E-state index in [1.54, 1.807) is 12.1 Å². The lowest BCUT2D eigenvalue weighted by Gasteiger charge is -2.22. The van der Waals surface area contributed by atoms with Gasteiger partial charge in [-0.05, 0) is 69.1 Å². The number of carbonyl (C=O) groups is 1. The van der Waals surface area contributed by atoms with Crippen molar-refractivity contribution in [1.29, 1.82) is 0 Å². The molecule has 26 heavy (non-hydrogen) atoms. The van der Waals surface area contributed by atoms with Crippen molar-refractivity contribution >= 4 is 11.7 Å². The lowest BCUT2D eigenvalue weighted by molar-refractivity contribution is 0.00707. The predicted molar refractivity (Wildman–Crippen MR) is 102 cm³/mol. The van der Waals surface area contributed by atoms with E-state index in [-0.39, 0.29) is 17.8 Å². The maximum absolute atomic E-state index is 13.6. The monoisotopic (exact) mass is 356 g/mol. The molecule has 1 unspecified atom stereocenters. The van der Waals surface area contributed by atoms with E-state index in [4.69, 9.17) is 4.74 Å². The molecule has 4 nitrogen and oxygen atoms in total. The summed E-state index contributed by atoms with van der Waals surface area (Å²) in [6, 6.07) is 12.2. The molecular weight excluding hydrogens is 331 g/mol. The van der Waals surface area contributed by atoms with Crippen LogP contribution >= 0.6 is 0 Å². The number of carbonyl (C=O) groups excluding carboxylic acids is 1. The lowest BCUT2D eigenvalue weighted by atomic mass is 10.0. The van der Waals surface area contributed by atoms with Crippen LogP contribution in [0.25, 0.3) is 11.1 Å². The summed E-state index contributed by atoms with van der Waals surface area (Å²) in [5, 5.41) is 6.75. The Labute approximate surface area is 153 Å². The largest absolute Gasteiger partial charge is 0.456 e. The molecule has 0 saturated carbocycles. The molecule has 1 saturated heterocycles. The molecule has 138 valence electrons. The molecule has 1 heterocycles. The highest BCUT2D eigenvalue weighted by Gasteiger charge is 2.23. The fourth-order valence-corrected chi connectivity index (χ4v) is 3.02. The third-order valence-electron chi connectivity index (χ3n) is 4.22. The van der Waals surface area contributed by atoms with E-state index in [9.17, 15) is 9.18 Å². The zero-order valence-corrected chi connectivity index (χ0v) is 15.4. The van der Waals surface area contributed by atoms with Gasteiger partial charge in [0, 0.05) is 18.3 Å². The van der Waals surface area contributed by atoms with Crippen molar-refractivity contribution in [3.05, 3.63) is 53.8 Å². The summed E-state index contributed by atoms with van der Waals surface area (Å²) >= 11 is 0. The van der Waals surface area contributed by atoms with Gasteiger partial charge in [-0.15, -0.1) is 0 Å². The summed E-state index contributed by atoms with van der Waals surface area (Å²) in [6.45, 7) is 7.33. The van der Waals surface area contributed by atoms with E-state index in [1.807, 2.05) is 39.0 Å². The van der Waals surface area contributed by atoms with Crippen molar-refractivity contribution in [1.82, 2.24) is 5.32 Å². The Morgan fingerprint density at radius 3 is 2.62 bits per heavy atom. The Morgan fingerprint density at radius 2 is 1.96 bits per heavy atom. The van der Waals surface area contributed by atoms with Crippen LogP contribution in [0.3, 0.4) is 0 Å². The molecular formula is C21H25FN2O2. The van der Waals surface area contributed by atoms with Gasteiger partial charge in [0.25, 0.3) is 0 Å². The van der Waals surface area contributed by atoms with E-state index in [0.717, 1.165) is 36.3 Å². The van der Waals surface area contributed by atoms with Gasteiger partial charge < -0.3 is 15.4 Å². The van der Waals surface area contributed by atoms with Gasteiger partial charge in [-0.2, -0.15) is 0 Å². The Kier molecular flexibility index (Phi) is 5.28. The van der Waals surface area contributed by atoms with Crippen LogP contribution < -0.4 is 10.6 Å². The third kappa shape index (κ3) is 4.61. The number of halogens is 1. The van der Waals surface area contributed by atoms with Crippen LogP contribution in [0, 0.1) is 5.82 Å². The standard InChI is InChI=1S/C21H25FN2O2/c1-21(2,3)26-20(25)18-8-7-15(14-5-4-6-16(22)11-14)12-19(18)24-17-9-10-23-13-17/h4-8,11-12,17,23-24H,9-10,13H2,1-3H3. The second kappa shape index (κ2) is 7.46. The van der Waals surface area contributed by atoms with Crippen molar-refractivity contribution in [2.24, 2.45) is 0 Å². The van der Waals surface area contributed by atoms with Crippen molar-refractivity contribution < 1.29 is 13.9 Å². The van der Waals surface area contributed by atoms with Crippen molar-refractivity contribution in [3.8, 4) is 11.1 Å². The molecule has 0 radical (unpaired) electrons. The number of nitrogens with one attached hydrogen (secondary N) is 2. The van der Waals surface area contributed by atoms with Gasteiger partial charge in [0.15, 0.2) is 0 Å². The molecule has 3 rings (SSSR count). The summed E-state index contributed by atoms with van der Waals surface area (Å²) in [4.78, 5) is 12.6. The summed E-state index contributed by atoms with van der Waals surface area (Å²) in [6.07, 6.45) is 0.984. The fourth-order valence-electron chi connectivity index (χ4n) is 3.02. The molecule has 2 N–H and O–H groups in total. The van der Waals surface area contributed by atoms with Crippen LogP contribution in [-0.4, -0.2) is 30.7 Å². The molecule has 1 atom stereocenters. The topological polar surface area (TPSA) is 50.4 Å². The van der Waals surface area contributed by atoms with E-state index < -0.39 is 5.60 Å². The summed E-state index contributed by atoms with van der Waals surface area (Å²) in [7, 11) is 0. The second-order valence-corrected chi connectivity index (χ2v) is 7.61. The number of ether oxygens (including phenoxy) is 1. The predicted octanol–water partition coefficient (Wildman–Crippen LogP) is 4.22. The molecule has 0 aliphatic carbocycles. The average Bonchev–Trinajstić information content (AvgIpc) is 3.06. The van der Waals surface area contributed by atoms with Crippen LogP contribution in [0.2, 0.25) is 0 Å². The quantitative estimate of drug-likeness (QED) is 0.806. The normalized spacial score (nSPS) is 17.2. The third-order valence-corrected chi connectivity index (χ3v) is 4.22. The van der Waals surface area contributed by atoms with E-state index >= 15 is 0 Å². The van der Waals surface area contributed by atoms with Gasteiger partial charge in [-0.25, -0.2) is 9.18 Å². The van der Waals surface area contributed by atoms with Gasteiger partial charge in [0.1, 0.15) is 11.4 Å². The van der Waals surface area contributed by atoms with E-state index in [0.29, 0.717) is 5.56 Å². The molecule has 5 heteroatoms. The minimum Gasteiger partial charge on any atom is -0.456 e. The molecule has 0 spiro atoms. The molecule has 2 aromatic carbocycles. The number of hydrogen-bond donors (Lipinski definition) is 2. The molecule has 0 aromatic heterocycles. The Morgan fingerprint density at radius 1 is 1.19 bits per heavy atom. The fraction of sp³-hybridized carbons (Fsp3) is 0.381. The van der Waals surface area contributed by atoms with Crippen LogP contribution in [0.15, 0.2) is 42.5 Å². The number of esters is 1. The molecule has 1 fully saturated rings. The van der Waals surface area contributed by atoms with Gasteiger partial charge in [0.2, 0.25) is 0 Å². The van der Waals surface area contributed by atoms with Crippen molar-refractivity contribution in [2.75, 3.05) is 18.4 Å². The Hall–Kier alpha value is -2.40. The number of benzene rings is 2. The highest BCUT2D eigenvalue weighted by Crippen LogP contribution is 2.28. The summed E-state index contributed by atoms with van der Waals surface area (Å²) in [5.41, 5.74) is 2.27. The number of rotatable bonds is 4. The van der Waals surface area contributed by atoms with Crippen LogP contribution in [-0.2, 0) is 4.74 Å². The maximum atomic E-state index is 13.6. The van der Waals surface area contributed by atoms with Crippen LogP contribution in [0.1, 0.15) is 37.6 Å². The van der Waals surface area contributed by atoms with Gasteiger partial charge >= 0.3 is 5.97 Å². The molecule has 0 amide bonds. The van der Waals surface area contributed by atoms with Crippen LogP contribution in [0.5, 0.6) is 0 Å². The maximum Gasteiger partial charge on any atom is 0.340 e. The number of anilines is 1. The molecule has 1 aliphatic heterocycles. The lowest BCUT2D eigenvalue weighted by Crippen LogP contribution is -2.26. The average molecular weight is 356 g/mol.